The van der Waals surface area contributed by atoms with Crippen LogP contribution in [0.25, 0.3) is 0 Å². The normalized spacial score (nSPS) is 20.5. The molecule has 11 heteroatoms. The highest BCUT2D eigenvalue weighted by molar-refractivity contribution is 8.26. The van der Waals surface area contributed by atoms with Gasteiger partial charge in [-0.05, 0) is 77.1 Å². The molecule has 0 spiro atoms. The third-order valence-corrected chi connectivity index (χ3v) is 8.16. The number of aryl methyl sites for hydroxylation is 1. The largest absolute Gasteiger partial charge is 0.503 e. The van der Waals surface area contributed by atoms with Gasteiger partial charge in [-0.2, -0.15) is 0 Å². The SMILES string of the molecule is CCN(C=O)C1(NC)CCC(NC2CC2)CC1.Cc1[nH]cc(C(=N)SC(=N)Cc2ccc(F)cc2)c(=O)c1O. The number of H-pyrrole nitrogens is 1. The average molecular weight is 559 g/mol. The third-order valence-electron chi connectivity index (χ3n) is 7.34. The van der Waals surface area contributed by atoms with Gasteiger partial charge >= 0.3 is 0 Å². The number of hydrogen-bond acceptors (Lipinski definition) is 8. The third kappa shape index (κ3) is 8.23. The van der Waals surface area contributed by atoms with Gasteiger partial charge in [0.1, 0.15) is 10.9 Å². The van der Waals surface area contributed by atoms with Crippen LogP contribution in [0.1, 0.15) is 62.3 Å². The summed E-state index contributed by atoms with van der Waals surface area (Å²) in [7, 11) is 1.97. The summed E-state index contributed by atoms with van der Waals surface area (Å²) in [4.78, 5) is 27.6. The van der Waals surface area contributed by atoms with Gasteiger partial charge in [0.05, 0.1) is 22.0 Å². The molecule has 0 atom stereocenters. The molecule has 0 aliphatic heterocycles. The molecule has 2 aliphatic carbocycles. The van der Waals surface area contributed by atoms with Crippen LogP contribution in [0.4, 0.5) is 4.39 Å². The molecule has 1 amide bonds. The summed E-state index contributed by atoms with van der Waals surface area (Å²) in [5.41, 5.74) is 0.346. The van der Waals surface area contributed by atoms with Gasteiger partial charge in [-0.3, -0.25) is 25.7 Å². The van der Waals surface area contributed by atoms with E-state index in [2.05, 4.69) is 15.6 Å². The summed E-state index contributed by atoms with van der Waals surface area (Å²) in [5.74, 6) is -0.773. The fraction of sp³-hybridized carbons (Fsp3) is 0.500. The summed E-state index contributed by atoms with van der Waals surface area (Å²) in [6.45, 7) is 4.38. The monoisotopic (exact) mass is 558 g/mol. The van der Waals surface area contributed by atoms with Gasteiger partial charge in [0.2, 0.25) is 11.8 Å². The van der Waals surface area contributed by atoms with Crippen molar-refractivity contribution < 1.29 is 14.3 Å². The van der Waals surface area contributed by atoms with E-state index in [1.165, 1.54) is 44.0 Å². The lowest BCUT2D eigenvalue weighted by molar-refractivity contribution is -0.126. The lowest BCUT2D eigenvalue weighted by Gasteiger charge is -2.46. The molecule has 1 aromatic carbocycles. The van der Waals surface area contributed by atoms with E-state index in [0.29, 0.717) is 11.7 Å². The summed E-state index contributed by atoms with van der Waals surface area (Å²) < 4.78 is 12.8. The Bertz CT molecular complexity index is 1210. The van der Waals surface area contributed by atoms with Crippen molar-refractivity contribution in [1.82, 2.24) is 20.5 Å². The molecule has 6 N–H and O–H groups in total. The Hall–Kier alpha value is -3.02. The average Bonchev–Trinajstić information content (AvgIpc) is 3.75. The minimum atomic E-state index is -0.636. The van der Waals surface area contributed by atoms with Gasteiger partial charge in [-0.15, -0.1) is 0 Å². The van der Waals surface area contributed by atoms with E-state index in [9.17, 15) is 19.1 Å². The Morgan fingerprint density at radius 2 is 1.82 bits per heavy atom. The Kier molecular flexibility index (Phi) is 10.8. The Morgan fingerprint density at radius 1 is 1.21 bits per heavy atom. The van der Waals surface area contributed by atoms with E-state index >= 15 is 0 Å². The molecule has 2 aliphatic rings. The van der Waals surface area contributed by atoms with Gasteiger partial charge < -0.3 is 20.3 Å². The molecule has 9 nitrogen and oxygen atoms in total. The number of benzene rings is 1. The van der Waals surface area contributed by atoms with Gasteiger partial charge in [-0.25, -0.2) is 4.39 Å². The van der Waals surface area contributed by atoms with E-state index in [4.69, 9.17) is 10.8 Å². The second-order valence-electron chi connectivity index (χ2n) is 10.1. The highest BCUT2D eigenvalue weighted by Gasteiger charge is 2.39. The molecule has 0 saturated heterocycles. The van der Waals surface area contributed by atoms with Crippen LogP contribution >= 0.6 is 11.8 Å². The number of halogens is 1. The maximum absolute atomic E-state index is 12.8. The molecule has 2 aromatic rings. The zero-order valence-electron chi connectivity index (χ0n) is 22.8. The first kappa shape index (κ1) is 30.5. The van der Waals surface area contributed by atoms with Crippen molar-refractivity contribution in [3.63, 3.8) is 0 Å². The fourth-order valence-corrected chi connectivity index (χ4v) is 5.53. The number of aromatic amines is 1. The van der Waals surface area contributed by atoms with Gasteiger partial charge in [-0.1, -0.05) is 23.9 Å². The van der Waals surface area contributed by atoms with Crippen molar-refractivity contribution >= 4 is 28.3 Å². The number of aromatic nitrogens is 1. The van der Waals surface area contributed by atoms with Crippen molar-refractivity contribution in [2.24, 2.45) is 0 Å². The lowest BCUT2D eigenvalue weighted by Crippen LogP contribution is -2.60. The van der Waals surface area contributed by atoms with Crippen molar-refractivity contribution in [1.29, 1.82) is 10.8 Å². The van der Waals surface area contributed by atoms with Crippen molar-refractivity contribution in [3.05, 3.63) is 63.3 Å². The number of aromatic hydroxyl groups is 1. The summed E-state index contributed by atoms with van der Waals surface area (Å²) >= 11 is 0.822. The molecule has 212 valence electrons. The molecular weight excluding hydrogens is 519 g/mol. The quantitative estimate of drug-likeness (QED) is 0.119. The van der Waals surface area contributed by atoms with Crippen molar-refractivity contribution in [3.8, 4) is 5.75 Å². The van der Waals surface area contributed by atoms with Crippen LogP contribution < -0.4 is 16.1 Å². The summed E-state index contributed by atoms with van der Waals surface area (Å²) in [5, 5.41) is 32.5. The predicted molar refractivity (Wildman–Crippen MR) is 154 cm³/mol. The first-order valence-electron chi connectivity index (χ1n) is 13.3. The molecule has 39 heavy (non-hydrogen) atoms. The number of carbonyl (C=O) groups excluding carboxylic acids is 1. The van der Waals surface area contributed by atoms with E-state index in [1.807, 2.05) is 18.9 Å². The second-order valence-corrected chi connectivity index (χ2v) is 11.2. The number of rotatable bonds is 9. The number of carbonyl (C=O) groups is 1. The van der Waals surface area contributed by atoms with Crippen LogP contribution in [0.15, 0.2) is 35.3 Å². The standard InChI is InChI=1S/C15H14FN3O2S.C13H25N3O/c1-8-13(20)14(21)11(7-19-8)15(18)22-12(17)6-9-2-4-10(16)5-3-9;1-3-16(10-17)13(14-2)8-6-12(7-9-13)15-11-4-5-11/h2-5,7,17-18,20H,6H2,1H3,(H,19,21);10-12,14-15H,3-9H2,1-2H3. The number of nitrogens with zero attached hydrogens (tertiary/aromatic N) is 1. The number of pyridine rings is 1. The summed E-state index contributed by atoms with van der Waals surface area (Å²) in [6.07, 6.45) is 9.72. The van der Waals surface area contributed by atoms with Crippen LogP contribution in [-0.4, -0.2) is 62.8 Å². The number of amides is 1. The molecular formula is C28H39FN6O3S. The number of hydrogen-bond donors (Lipinski definition) is 6. The molecule has 4 rings (SSSR count). The highest BCUT2D eigenvalue weighted by Crippen LogP contribution is 2.32. The second kappa shape index (κ2) is 13.9. The molecule has 0 bridgehead atoms. The topological polar surface area (TPSA) is 145 Å². The van der Waals surface area contributed by atoms with Crippen LogP contribution in [0.3, 0.4) is 0 Å². The van der Waals surface area contributed by atoms with Gasteiger partial charge in [0.25, 0.3) is 0 Å². The zero-order chi connectivity index (χ0) is 28.6. The smallest absolute Gasteiger partial charge is 0.233 e. The van der Waals surface area contributed by atoms with Crippen molar-refractivity contribution in [2.75, 3.05) is 13.6 Å². The molecule has 2 saturated carbocycles. The fourth-order valence-electron chi connectivity index (χ4n) is 4.79. The minimum absolute atomic E-state index is 0.0111. The number of thioether (sulfide) groups is 1. The first-order valence-corrected chi connectivity index (χ1v) is 14.1. The van der Waals surface area contributed by atoms with E-state index in [-0.39, 0.29) is 33.6 Å². The van der Waals surface area contributed by atoms with E-state index in [0.717, 1.165) is 49.2 Å². The molecule has 2 fully saturated rings. The van der Waals surface area contributed by atoms with Gasteiger partial charge in [0, 0.05) is 31.2 Å². The predicted octanol–water partition coefficient (Wildman–Crippen LogP) is 3.88. The van der Waals surface area contributed by atoms with Gasteiger partial charge in [0.15, 0.2) is 5.75 Å². The van der Waals surface area contributed by atoms with Crippen LogP contribution in [0.5, 0.6) is 5.75 Å². The molecule has 1 heterocycles. The Morgan fingerprint density at radius 3 is 2.36 bits per heavy atom. The molecule has 0 radical (unpaired) electrons. The van der Waals surface area contributed by atoms with Crippen LogP contribution in [0, 0.1) is 23.6 Å². The Labute approximate surface area is 233 Å². The van der Waals surface area contributed by atoms with Crippen molar-refractivity contribution in [2.45, 2.75) is 76.5 Å². The van der Waals surface area contributed by atoms with Crippen LogP contribution in [0.2, 0.25) is 0 Å². The van der Waals surface area contributed by atoms with E-state index < -0.39 is 11.2 Å². The minimum Gasteiger partial charge on any atom is -0.503 e. The molecule has 1 aromatic heterocycles. The van der Waals surface area contributed by atoms with Crippen LogP contribution in [-0.2, 0) is 11.2 Å². The first-order chi connectivity index (χ1) is 18.6. The maximum Gasteiger partial charge on any atom is 0.233 e. The lowest BCUT2D eigenvalue weighted by atomic mass is 9.84. The zero-order valence-corrected chi connectivity index (χ0v) is 23.6. The maximum atomic E-state index is 12.8. The molecule has 0 unspecified atom stereocenters. The number of nitrogens with one attached hydrogen (secondary N) is 5. The summed E-state index contributed by atoms with van der Waals surface area (Å²) in [6, 6.07) is 7.20. The van der Waals surface area contributed by atoms with E-state index in [1.54, 1.807) is 19.1 Å². The Balaban J connectivity index is 0.000000223. The highest BCUT2D eigenvalue weighted by atomic mass is 32.2.